The van der Waals surface area contributed by atoms with Crippen LogP contribution in [-0.2, 0) is 14.1 Å². The largest absolute Gasteiger partial charge is 0.465 e. The van der Waals surface area contributed by atoms with Crippen molar-refractivity contribution in [2.24, 2.45) is 0 Å². The fraction of sp³-hybridized carbons (Fsp3) is 0.833. The summed E-state index contributed by atoms with van der Waals surface area (Å²) in [6, 6.07) is 0. The maximum absolute atomic E-state index is 10.8. The lowest BCUT2D eigenvalue weighted by molar-refractivity contribution is -0.142. The van der Waals surface area contributed by atoms with Crippen LogP contribution in [0.4, 0.5) is 0 Å². The van der Waals surface area contributed by atoms with Crippen molar-refractivity contribution in [1.29, 1.82) is 0 Å². The molecular formula is C6H11O3P. The van der Waals surface area contributed by atoms with Gasteiger partial charge in [0.05, 0.1) is 6.61 Å². The Labute approximate surface area is 62.0 Å². The van der Waals surface area contributed by atoms with Gasteiger partial charge in [-0.05, 0) is 13.3 Å². The van der Waals surface area contributed by atoms with Gasteiger partial charge < -0.3 is 4.74 Å². The summed E-state index contributed by atoms with van der Waals surface area (Å²) in [4.78, 5) is 10.8. The lowest BCUT2D eigenvalue weighted by atomic mass is 10.3. The van der Waals surface area contributed by atoms with Crippen LogP contribution in [0.5, 0.6) is 0 Å². The van der Waals surface area contributed by atoms with E-state index in [0.29, 0.717) is 13.0 Å². The Kier molecular flexibility index (Phi) is 5.13. The van der Waals surface area contributed by atoms with Gasteiger partial charge in [0.2, 0.25) is 0 Å². The minimum atomic E-state index is -0.472. The predicted octanol–water partition coefficient (Wildman–Crippen LogP) is 1.62. The molecule has 0 saturated heterocycles. The third-order valence-electron chi connectivity index (χ3n) is 1.07. The Morgan fingerprint density at radius 1 is 1.60 bits per heavy atom. The lowest BCUT2D eigenvalue weighted by Gasteiger charge is -2.03. The second-order valence-corrected chi connectivity index (χ2v) is 2.62. The third-order valence-corrected chi connectivity index (χ3v) is 1.90. The van der Waals surface area contributed by atoms with Gasteiger partial charge in [-0.1, -0.05) is 6.92 Å². The van der Waals surface area contributed by atoms with Crippen LogP contribution in [0.1, 0.15) is 20.3 Å². The minimum Gasteiger partial charge on any atom is -0.465 e. The molecule has 0 amide bonds. The molecule has 1 unspecified atom stereocenters. The van der Waals surface area contributed by atoms with E-state index in [1.54, 1.807) is 13.8 Å². The number of hydrogen-bond acceptors (Lipinski definition) is 3. The van der Waals surface area contributed by atoms with Crippen molar-refractivity contribution in [3.05, 3.63) is 0 Å². The van der Waals surface area contributed by atoms with Crippen LogP contribution in [-0.4, -0.2) is 18.2 Å². The molecule has 0 aromatic carbocycles. The van der Waals surface area contributed by atoms with Gasteiger partial charge in [0.15, 0.2) is 8.46 Å². The molecule has 0 fully saturated rings. The number of carbonyl (C=O) groups excluding carboxylic acids is 1. The molecule has 0 saturated carbocycles. The number of rotatable bonds is 4. The molecule has 0 radical (unpaired) electrons. The van der Waals surface area contributed by atoms with Gasteiger partial charge in [0.25, 0.3) is 0 Å². The first kappa shape index (κ1) is 9.57. The number of carbonyl (C=O) groups is 1. The summed E-state index contributed by atoms with van der Waals surface area (Å²) >= 11 is 0. The van der Waals surface area contributed by atoms with Crippen molar-refractivity contribution < 1.29 is 14.1 Å². The standard InChI is InChI=1S/C6H11O3P/c1-3-5(10-8)6(7)9-4-2/h5H,3-4H2,1-2H3. The van der Waals surface area contributed by atoms with Crippen LogP contribution in [0, 0.1) is 0 Å². The lowest BCUT2D eigenvalue weighted by Crippen LogP contribution is -2.16. The average Bonchev–Trinajstić information content (AvgIpc) is 1.91. The molecule has 0 aromatic rings. The first-order valence-corrected chi connectivity index (χ1v) is 4.13. The van der Waals surface area contributed by atoms with Crippen LogP contribution in [0.2, 0.25) is 0 Å². The second-order valence-electron chi connectivity index (χ2n) is 1.78. The molecule has 0 aliphatic heterocycles. The van der Waals surface area contributed by atoms with E-state index < -0.39 is 5.66 Å². The van der Waals surface area contributed by atoms with E-state index in [1.165, 1.54) is 0 Å². The Balaban J connectivity index is 3.76. The van der Waals surface area contributed by atoms with Crippen LogP contribution in [0.3, 0.4) is 0 Å². The Hall–Kier alpha value is -0.430. The van der Waals surface area contributed by atoms with Crippen LogP contribution in [0.25, 0.3) is 0 Å². The zero-order chi connectivity index (χ0) is 7.98. The fourth-order valence-corrected chi connectivity index (χ4v) is 0.832. The molecule has 0 rings (SSSR count). The van der Waals surface area contributed by atoms with Gasteiger partial charge in [0.1, 0.15) is 5.66 Å². The zero-order valence-corrected chi connectivity index (χ0v) is 7.06. The number of hydrogen-bond donors (Lipinski definition) is 0. The monoisotopic (exact) mass is 162 g/mol. The van der Waals surface area contributed by atoms with Gasteiger partial charge in [-0.2, -0.15) is 0 Å². The molecular weight excluding hydrogens is 151 g/mol. The van der Waals surface area contributed by atoms with E-state index in [9.17, 15) is 9.36 Å². The van der Waals surface area contributed by atoms with E-state index in [-0.39, 0.29) is 14.4 Å². The topological polar surface area (TPSA) is 43.4 Å². The quantitative estimate of drug-likeness (QED) is 0.466. The smallest absolute Gasteiger partial charge is 0.320 e. The predicted molar refractivity (Wildman–Crippen MR) is 38.3 cm³/mol. The molecule has 10 heavy (non-hydrogen) atoms. The Morgan fingerprint density at radius 2 is 2.20 bits per heavy atom. The Morgan fingerprint density at radius 3 is 2.50 bits per heavy atom. The molecule has 0 aliphatic carbocycles. The van der Waals surface area contributed by atoms with Gasteiger partial charge in [-0.3, -0.25) is 9.36 Å². The van der Waals surface area contributed by atoms with E-state index in [1.807, 2.05) is 0 Å². The molecule has 0 spiro atoms. The normalized spacial score (nSPS) is 13.0. The molecule has 58 valence electrons. The summed E-state index contributed by atoms with van der Waals surface area (Å²) in [5, 5.41) is 0. The summed E-state index contributed by atoms with van der Waals surface area (Å²) in [5.41, 5.74) is -0.472. The summed E-state index contributed by atoms with van der Waals surface area (Å²) in [5.74, 6) is -0.373. The highest BCUT2D eigenvalue weighted by atomic mass is 31.1. The molecule has 0 bridgehead atoms. The summed E-state index contributed by atoms with van der Waals surface area (Å²) < 4.78 is 14.9. The molecule has 4 heteroatoms. The third kappa shape index (κ3) is 2.92. The van der Waals surface area contributed by atoms with Gasteiger partial charge in [-0.15, -0.1) is 0 Å². The highest BCUT2D eigenvalue weighted by molar-refractivity contribution is 7.26. The van der Waals surface area contributed by atoms with Crippen molar-refractivity contribution in [2.75, 3.05) is 6.61 Å². The molecule has 3 nitrogen and oxygen atoms in total. The first-order valence-electron chi connectivity index (χ1n) is 3.25. The molecule has 0 N–H and O–H groups in total. The van der Waals surface area contributed by atoms with Gasteiger partial charge in [0, 0.05) is 0 Å². The van der Waals surface area contributed by atoms with Gasteiger partial charge in [-0.25, -0.2) is 0 Å². The highest BCUT2D eigenvalue weighted by Gasteiger charge is 2.16. The highest BCUT2D eigenvalue weighted by Crippen LogP contribution is 2.11. The molecule has 0 aliphatic rings. The van der Waals surface area contributed by atoms with E-state index in [2.05, 4.69) is 4.74 Å². The van der Waals surface area contributed by atoms with Crippen LogP contribution >= 0.6 is 8.46 Å². The summed E-state index contributed by atoms with van der Waals surface area (Å²) in [6.07, 6.45) is 0.559. The summed E-state index contributed by atoms with van der Waals surface area (Å²) in [7, 11) is -0.146. The summed E-state index contributed by atoms with van der Waals surface area (Å²) in [6.45, 7) is 3.88. The van der Waals surface area contributed by atoms with E-state index in [4.69, 9.17) is 0 Å². The van der Waals surface area contributed by atoms with Crippen LogP contribution < -0.4 is 0 Å². The SMILES string of the molecule is CCOC(=O)C(CC)P=O. The maximum atomic E-state index is 10.8. The number of ether oxygens (including phenoxy) is 1. The van der Waals surface area contributed by atoms with Crippen molar-refractivity contribution in [1.82, 2.24) is 0 Å². The van der Waals surface area contributed by atoms with E-state index in [0.717, 1.165) is 0 Å². The van der Waals surface area contributed by atoms with Crippen molar-refractivity contribution in [2.45, 2.75) is 25.9 Å². The first-order chi connectivity index (χ1) is 4.76. The molecule has 1 atom stereocenters. The number of esters is 1. The maximum Gasteiger partial charge on any atom is 0.320 e. The zero-order valence-electron chi connectivity index (χ0n) is 6.16. The Bertz CT molecular complexity index is 124. The fourth-order valence-electron chi connectivity index (χ4n) is 0.523. The van der Waals surface area contributed by atoms with Gasteiger partial charge >= 0.3 is 5.97 Å². The molecule has 0 heterocycles. The minimum absolute atomic E-state index is 0.146. The van der Waals surface area contributed by atoms with Crippen LogP contribution in [0.15, 0.2) is 0 Å². The average molecular weight is 162 g/mol. The molecule has 0 aromatic heterocycles. The van der Waals surface area contributed by atoms with Crippen molar-refractivity contribution >= 4 is 14.4 Å². The van der Waals surface area contributed by atoms with Crippen molar-refractivity contribution in [3.63, 3.8) is 0 Å². The van der Waals surface area contributed by atoms with E-state index >= 15 is 0 Å². The second kappa shape index (κ2) is 5.36. The van der Waals surface area contributed by atoms with Crippen molar-refractivity contribution in [3.8, 4) is 0 Å².